The van der Waals surface area contributed by atoms with E-state index in [2.05, 4.69) is 46.4 Å². The lowest BCUT2D eigenvalue weighted by molar-refractivity contribution is 0.0486. The molecule has 0 radical (unpaired) electrons. The minimum atomic E-state index is -0.503. The van der Waals surface area contributed by atoms with E-state index in [0.29, 0.717) is 12.5 Å². The predicted octanol–water partition coefficient (Wildman–Crippen LogP) is 2.98. The lowest BCUT2D eigenvalue weighted by Gasteiger charge is -2.28. The van der Waals surface area contributed by atoms with Crippen molar-refractivity contribution in [3.05, 3.63) is 17.0 Å². The molecule has 0 aromatic carbocycles. The second kappa shape index (κ2) is 10.5. The SMILES string of the molecule is CN=C(NCc1c(C)nn(C)c1C)N(C)CCC(NC(=O)OC(C)(C)C)C(C)C. The van der Waals surface area contributed by atoms with Gasteiger partial charge in [0.1, 0.15) is 5.60 Å². The Morgan fingerprint density at radius 1 is 1.31 bits per heavy atom. The Balaban J connectivity index is 2.63. The summed E-state index contributed by atoms with van der Waals surface area (Å²) in [5.41, 5.74) is 2.86. The minimum absolute atomic E-state index is 0.0215. The van der Waals surface area contributed by atoms with Gasteiger partial charge in [-0.15, -0.1) is 0 Å². The zero-order chi connectivity index (χ0) is 22.4. The monoisotopic (exact) mass is 408 g/mol. The second-order valence-electron chi connectivity index (χ2n) is 8.88. The van der Waals surface area contributed by atoms with E-state index in [1.54, 1.807) is 7.05 Å². The maximum Gasteiger partial charge on any atom is 0.407 e. The first-order valence-corrected chi connectivity index (χ1v) is 10.3. The van der Waals surface area contributed by atoms with Crippen LogP contribution in [0.5, 0.6) is 0 Å². The lowest BCUT2D eigenvalue weighted by atomic mass is 10.0. The van der Waals surface area contributed by atoms with Crippen LogP contribution in [-0.2, 0) is 18.3 Å². The molecule has 0 aliphatic rings. The van der Waals surface area contributed by atoms with E-state index in [0.717, 1.165) is 30.3 Å². The number of aromatic nitrogens is 2. The van der Waals surface area contributed by atoms with Gasteiger partial charge in [-0.25, -0.2) is 4.79 Å². The summed E-state index contributed by atoms with van der Waals surface area (Å²) in [7, 11) is 5.74. The highest BCUT2D eigenvalue weighted by Crippen LogP contribution is 2.13. The number of carbonyl (C=O) groups is 1. The van der Waals surface area contributed by atoms with E-state index in [1.165, 1.54) is 5.56 Å². The van der Waals surface area contributed by atoms with Crippen LogP contribution in [0.25, 0.3) is 0 Å². The van der Waals surface area contributed by atoms with Gasteiger partial charge in [-0.05, 0) is 47.0 Å². The van der Waals surface area contributed by atoms with Gasteiger partial charge in [0.25, 0.3) is 0 Å². The topological polar surface area (TPSA) is 83.8 Å². The number of guanidine groups is 1. The summed E-state index contributed by atoms with van der Waals surface area (Å²) in [4.78, 5) is 18.6. The third-order valence-corrected chi connectivity index (χ3v) is 4.94. The molecule has 0 bridgehead atoms. The molecule has 2 N–H and O–H groups in total. The van der Waals surface area contributed by atoms with E-state index in [1.807, 2.05) is 46.5 Å². The normalized spacial score (nSPS) is 13.4. The summed E-state index contributed by atoms with van der Waals surface area (Å²) < 4.78 is 7.30. The summed E-state index contributed by atoms with van der Waals surface area (Å²) >= 11 is 0. The van der Waals surface area contributed by atoms with Crippen LogP contribution in [0.1, 0.15) is 58.0 Å². The van der Waals surface area contributed by atoms with Gasteiger partial charge in [0, 0.05) is 51.5 Å². The van der Waals surface area contributed by atoms with Gasteiger partial charge in [0.15, 0.2) is 5.96 Å². The molecule has 0 saturated carbocycles. The predicted molar refractivity (Wildman–Crippen MR) is 118 cm³/mol. The number of rotatable bonds is 7. The summed E-state index contributed by atoms with van der Waals surface area (Å²) in [5, 5.41) is 10.9. The molecule has 0 fully saturated rings. The van der Waals surface area contributed by atoms with Crippen molar-refractivity contribution in [2.24, 2.45) is 18.0 Å². The van der Waals surface area contributed by atoms with Crippen molar-refractivity contribution in [3.63, 3.8) is 0 Å². The van der Waals surface area contributed by atoms with Crippen LogP contribution in [0, 0.1) is 19.8 Å². The standard InChI is InChI=1S/C21H40N6O2/c1-14(2)18(24-20(28)29-21(5,6)7)11-12-26(9)19(22-8)23-13-17-15(3)25-27(10)16(17)4/h14,18H,11-13H2,1-10H3,(H,22,23)(H,24,28). The molecule has 0 saturated heterocycles. The molecule has 0 aliphatic heterocycles. The fourth-order valence-corrected chi connectivity index (χ4v) is 3.10. The van der Waals surface area contributed by atoms with Crippen LogP contribution in [0.4, 0.5) is 4.79 Å². The van der Waals surface area contributed by atoms with Crippen LogP contribution < -0.4 is 10.6 Å². The van der Waals surface area contributed by atoms with E-state index in [9.17, 15) is 4.79 Å². The van der Waals surface area contributed by atoms with E-state index >= 15 is 0 Å². The Morgan fingerprint density at radius 2 is 1.93 bits per heavy atom. The number of nitrogens with one attached hydrogen (secondary N) is 2. The molecule has 0 spiro atoms. The van der Waals surface area contributed by atoms with E-state index in [4.69, 9.17) is 4.74 Å². The third-order valence-electron chi connectivity index (χ3n) is 4.94. The van der Waals surface area contributed by atoms with Crippen molar-refractivity contribution in [1.29, 1.82) is 0 Å². The highest BCUT2D eigenvalue weighted by molar-refractivity contribution is 5.79. The molecule has 1 aromatic heterocycles. The van der Waals surface area contributed by atoms with Crippen LogP contribution in [-0.4, -0.2) is 59.0 Å². The summed E-state index contributed by atoms with van der Waals surface area (Å²) in [6.07, 6.45) is 0.419. The zero-order valence-electron chi connectivity index (χ0n) is 19.9. The summed E-state index contributed by atoms with van der Waals surface area (Å²) in [6, 6.07) is 0.0215. The Morgan fingerprint density at radius 3 is 2.38 bits per heavy atom. The largest absolute Gasteiger partial charge is 0.444 e. The van der Waals surface area contributed by atoms with Crippen molar-refractivity contribution in [2.45, 2.75) is 73.1 Å². The number of nitrogens with zero attached hydrogens (tertiary/aromatic N) is 4. The average Bonchev–Trinajstić information content (AvgIpc) is 2.82. The Kier molecular flexibility index (Phi) is 8.98. The quantitative estimate of drug-likeness (QED) is 0.535. The van der Waals surface area contributed by atoms with Crippen LogP contribution in [0.2, 0.25) is 0 Å². The van der Waals surface area contributed by atoms with Crippen LogP contribution in [0.15, 0.2) is 4.99 Å². The molecule has 0 aliphatic carbocycles. The number of carbonyl (C=O) groups excluding carboxylic acids is 1. The maximum atomic E-state index is 12.1. The maximum absolute atomic E-state index is 12.1. The molecule has 1 atom stereocenters. The molecular formula is C21H40N6O2. The Hall–Kier alpha value is -2.25. The summed E-state index contributed by atoms with van der Waals surface area (Å²) in [6.45, 7) is 15.3. The Bertz CT molecular complexity index is 703. The number of hydrogen-bond donors (Lipinski definition) is 2. The fraction of sp³-hybridized carbons (Fsp3) is 0.762. The molecule has 1 amide bonds. The smallest absolute Gasteiger partial charge is 0.407 e. The molecule has 1 rings (SSSR count). The van der Waals surface area contributed by atoms with Gasteiger partial charge < -0.3 is 20.3 Å². The average molecular weight is 409 g/mol. The third kappa shape index (κ3) is 7.95. The summed E-state index contributed by atoms with van der Waals surface area (Å²) in [5.74, 6) is 1.11. The number of aliphatic imine (C=N–C) groups is 1. The van der Waals surface area contributed by atoms with Gasteiger partial charge >= 0.3 is 6.09 Å². The molecule has 1 unspecified atom stereocenters. The molecule has 8 heteroatoms. The Labute approximate surface area is 176 Å². The van der Waals surface area contributed by atoms with Gasteiger partial charge in [-0.2, -0.15) is 5.10 Å². The van der Waals surface area contributed by atoms with E-state index in [-0.39, 0.29) is 12.1 Å². The number of amides is 1. The highest BCUT2D eigenvalue weighted by atomic mass is 16.6. The first-order chi connectivity index (χ1) is 13.4. The first-order valence-electron chi connectivity index (χ1n) is 10.3. The lowest BCUT2D eigenvalue weighted by Crippen LogP contribution is -2.45. The molecule has 29 heavy (non-hydrogen) atoms. The van der Waals surface area contributed by atoms with Crippen molar-refractivity contribution >= 4 is 12.1 Å². The molecule has 1 aromatic rings. The zero-order valence-corrected chi connectivity index (χ0v) is 19.9. The highest BCUT2D eigenvalue weighted by Gasteiger charge is 2.22. The molecule has 8 nitrogen and oxygen atoms in total. The number of alkyl carbamates (subject to hydrolysis) is 1. The number of ether oxygens (including phenoxy) is 1. The van der Waals surface area contributed by atoms with Crippen LogP contribution >= 0.6 is 0 Å². The number of aryl methyl sites for hydroxylation is 2. The van der Waals surface area contributed by atoms with Gasteiger partial charge in [-0.3, -0.25) is 9.67 Å². The van der Waals surface area contributed by atoms with Crippen molar-refractivity contribution in [1.82, 2.24) is 25.3 Å². The molecule has 166 valence electrons. The molecular weight excluding hydrogens is 368 g/mol. The van der Waals surface area contributed by atoms with Crippen molar-refractivity contribution < 1.29 is 9.53 Å². The van der Waals surface area contributed by atoms with Gasteiger partial charge in [0.2, 0.25) is 0 Å². The molecule has 1 heterocycles. The van der Waals surface area contributed by atoms with Crippen molar-refractivity contribution in [2.75, 3.05) is 20.6 Å². The van der Waals surface area contributed by atoms with Gasteiger partial charge in [-0.1, -0.05) is 13.8 Å². The minimum Gasteiger partial charge on any atom is -0.444 e. The fourth-order valence-electron chi connectivity index (χ4n) is 3.10. The van der Waals surface area contributed by atoms with Gasteiger partial charge in [0.05, 0.1) is 5.69 Å². The first kappa shape index (κ1) is 24.8. The van der Waals surface area contributed by atoms with Crippen molar-refractivity contribution in [3.8, 4) is 0 Å². The second-order valence-corrected chi connectivity index (χ2v) is 8.88. The number of hydrogen-bond acceptors (Lipinski definition) is 4. The van der Waals surface area contributed by atoms with E-state index < -0.39 is 5.60 Å². The van der Waals surface area contributed by atoms with Crippen LogP contribution in [0.3, 0.4) is 0 Å².